The third-order valence-electron chi connectivity index (χ3n) is 6.15. The van der Waals surface area contributed by atoms with Gasteiger partial charge < -0.3 is 20.7 Å². The van der Waals surface area contributed by atoms with E-state index in [0.29, 0.717) is 36.9 Å². The number of fused-ring (bicyclic) bond motifs is 1. The van der Waals surface area contributed by atoms with Crippen LogP contribution in [0.5, 0.6) is 0 Å². The van der Waals surface area contributed by atoms with Gasteiger partial charge in [0.05, 0.1) is 5.52 Å². The van der Waals surface area contributed by atoms with Crippen LogP contribution in [0.25, 0.3) is 22.0 Å². The Morgan fingerprint density at radius 2 is 1.57 bits per heavy atom. The lowest BCUT2D eigenvalue weighted by atomic mass is 9.83. The van der Waals surface area contributed by atoms with Gasteiger partial charge >= 0.3 is 7.12 Å². The zero-order chi connectivity index (χ0) is 26.0. The number of anilines is 1. The molecule has 0 radical (unpaired) electrons. The number of pyridine rings is 1. The summed E-state index contributed by atoms with van der Waals surface area (Å²) in [6.07, 6.45) is 2.64. The number of hydrogen-bond donors (Lipinski definition) is 4. The number of hydrogen-bond acceptors (Lipinski definition) is 5. The second-order valence-electron chi connectivity index (χ2n) is 8.97. The minimum Gasteiger partial charge on any atom is -0.427 e. The molecule has 3 aromatic carbocycles. The van der Waals surface area contributed by atoms with Crippen molar-refractivity contribution >= 4 is 35.5 Å². The predicted molar refractivity (Wildman–Crippen MR) is 147 cm³/mol. The number of para-hydroxylation sites is 1. The molecule has 4 aromatic rings. The summed E-state index contributed by atoms with van der Waals surface area (Å²) in [5.74, 6) is -0.740. The van der Waals surface area contributed by atoms with E-state index in [1.54, 1.807) is 6.07 Å². The van der Waals surface area contributed by atoms with Gasteiger partial charge in [-0.05, 0) is 48.1 Å². The van der Waals surface area contributed by atoms with Crippen LogP contribution in [0.2, 0.25) is 6.32 Å². The minimum absolute atomic E-state index is 0.242. The summed E-state index contributed by atoms with van der Waals surface area (Å²) in [5.41, 5.74) is 3.60. The fourth-order valence-corrected chi connectivity index (χ4v) is 4.18. The fraction of sp³-hybridized carbons (Fsp3) is 0.207. The topological polar surface area (TPSA) is 112 Å². The van der Waals surface area contributed by atoms with Gasteiger partial charge in [-0.15, -0.1) is 0 Å². The van der Waals surface area contributed by atoms with Gasteiger partial charge in [-0.3, -0.25) is 9.59 Å². The predicted octanol–water partition coefficient (Wildman–Crippen LogP) is 4.67. The molecule has 1 heterocycles. The van der Waals surface area contributed by atoms with Crippen LogP contribution in [0.1, 0.15) is 36.2 Å². The maximum Gasteiger partial charge on any atom is 0.451 e. The van der Waals surface area contributed by atoms with Gasteiger partial charge in [0.1, 0.15) is 11.7 Å². The smallest absolute Gasteiger partial charge is 0.427 e. The number of carbonyl (C=O) groups excluding carboxylic acids is 2. The summed E-state index contributed by atoms with van der Waals surface area (Å²) in [6.45, 7) is 0. The van der Waals surface area contributed by atoms with E-state index in [0.717, 1.165) is 16.5 Å². The Kier molecular flexibility index (Phi) is 9.02. The Morgan fingerprint density at radius 1 is 0.811 bits per heavy atom. The van der Waals surface area contributed by atoms with Crippen LogP contribution in [-0.2, 0) is 4.79 Å². The molecule has 0 fully saturated rings. The normalized spacial score (nSPS) is 11.6. The third-order valence-corrected chi connectivity index (χ3v) is 6.15. The van der Waals surface area contributed by atoms with E-state index in [1.807, 2.05) is 84.9 Å². The Labute approximate surface area is 216 Å². The Balaban J connectivity index is 1.47. The highest BCUT2D eigenvalue weighted by Gasteiger charge is 2.22. The molecule has 188 valence electrons. The lowest BCUT2D eigenvalue weighted by Gasteiger charge is -2.19. The van der Waals surface area contributed by atoms with Crippen LogP contribution in [0.4, 0.5) is 5.69 Å². The van der Waals surface area contributed by atoms with Crippen molar-refractivity contribution in [1.82, 2.24) is 10.3 Å². The van der Waals surface area contributed by atoms with Gasteiger partial charge in [-0.25, -0.2) is 4.98 Å². The molecule has 0 spiro atoms. The van der Waals surface area contributed by atoms with Crippen molar-refractivity contribution in [3.05, 3.63) is 96.7 Å². The zero-order valence-electron chi connectivity index (χ0n) is 20.5. The summed E-state index contributed by atoms with van der Waals surface area (Å²) in [5, 5.41) is 24.9. The molecular formula is C29H30BN3O4. The van der Waals surface area contributed by atoms with Gasteiger partial charge in [0.15, 0.2) is 0 Å². The first-order valence-electron chi connectivity index (χ1n) is 12.5. The van der Waals surface area contributed by atoms with Crippen LogP contribution >= 0.6 is 0 Å². The number of amides is 2. The van der Waals surface area contributed by atoms with Crippen molar-refractivity contribution in [3.63, 3.8) is 0 Å². The van der Waals surface area contributed by atoms with E-state index in [1.165, 1.54) is 0 Å². The standard InChI is InChI=1S/C29H30BN3O4/c34-28(31-24-14-9-13-23(20-24)21-10-3-1-4-11-21)26(16-5-2-8-19-30(36)37)33-29(35)27-18-17-22-12-6-7-15-25(22)32-27/h1,3-4,6-7,9-15,17-18,20,26,36-37H,2,5,8,16,19H2,(H,31,34)(H,33,35). The van der Waals surface area contributed by atoms with Gasteiger partial charge in [0.25, 0.3) is 5.91 Å². The van der Waals surface area contributed by atoms with Crippen molar-refractivity contribution in [2.45, 2.75) is 38.0 Å². The van der Waals surface area contributed by atoms with Crippen molar-refractivity contribution in [3.8, 4) is 11.1 Å². The molecule has 0 aliphatic carbocycles. The number of benzene rings is 3. The van der Waals surface area contributed by atoms with Crippen molar-refractivity contribution in [2.75, 3.05) is 5.32 Å². The lowest BCUT2D eigenvalue weighted by molar-refractivity contribution is -0.118. The molecule has 4 rings (SSSR count). The second kappa shape index (κ2) is 12.8. The summed E-state index contributed by atoms with van der Waals surface area (Å²) in [7, 11) is -1.34. The quantitative estimate of drug-likeness (QED) is 0.179. The Bertz CT molecular complexity index is 1350. The molecule has 4 N–H and O–H groups in total. The van der Waals surface area contributed by atoms with E-state index < -0.39 is 19.1 Å². The molecule has 1 unspecified atom stereocenters. The number of unbranched alkanes of at least 4 members (excludes halogenated alkanes) is 2. The van der Waals surface area contributed by atoms with Crippen LogP contribution < -0.4 is 10.6 Å². The van der Waals surface area contributed by atoms with E-state index in [-0.39, 0.29) is 17.9 Å². The van der Waals surface area contributed by atoms with Crippen LogP contribution in [-0.4, -0.2) is 40.0 Å². The maximum absolute atomic E-state index is 13.3. The first-order valence-corrected chi connectivity index (χ1v) is 12.5. The molecule has 0 saturated carbocycles. The van der Waals surface area contributed by atoms with E-state index in [4.69, 9.17) is 10.0 Å². The van der Waals surface area contributed by atoms with Gasteiger partial charge in [0.2, 0.25) is 5.91 Å². The highest BCUT2D eigenvalue weighted by Crippen LogP contribution is 2.23. The summed E-state index contributed by atoms with van der Waals surface area (Å²) in [4.78, 5) is 30.8. The lowest BCUT2D eigenvalue weighted by Crippen LogP contribution is -2.44. The average Bonchev–Trinajstić information content (AvgIpc) is 2.92. The van der Waals surface area contributed by atoms with Crippen molar-refractivity contribution in [2.24, 2.45) is 0 Å². The SMILES string of the molecule is O=C(NC(CCCCCB(O)O)C(=O)Nc1cccc(-c2ccccc2)c1)c1ccc2ccccc2n1. The van der Waals surface area contributed by atoms with E-state index in [2.05, 4.69) is 15.6 Å². The van der Waals surface area contributed by atoms with E-state index in [9.17, 15) is 9.59 Å². The number of rotatable bonds is 11. The third kappa shape index (κ3) is 7.49. The highest BCUT2D eigenvalue weighted by atomic mass is 16.4. The Hall–Kier alpha value is -4.01. The number of aromatic nitrogens is 1. The average molecular weight is 495 g/mol. The largest absolute Gasteiger partial charge is 0.451 e. The van der Waals surface area contributed by atoms with Crippen LogP contribution in [0.15, 0.2) is 91.0 Å². The first kappa shape index (κ1) is 26.1. The monoisotopic (exact) mass is 495 g/mol. The van der Waals surface area contributed by atoms with Crippen molar-refractivity contribution < 1.29 is 19.6 Å². The number of carbonyl (C=O) groups is 2. The Morgan fingerprint density at radius 3 is 2.38 bits per heavy atom. The fourth-order valence-electron chi connectivity index (χ4n) is 4.18. The molecule has 1 atom stereocenters. The summed E-state index contributed by atoms with van der Waals surface area (Å²) >= 11 is 0. The zero-order valence-corrected chi connectivity index (χ0v) is 20.5. The van der Waals surface area contributed by atoms with Crippen LogP contribution in [0.3, 0.4) is 0 Å². The molecule has 0 aliphatic heterocycles. The van der Waals surface area contributed by atoms with Gasteiger partial charge in [0, 0.05) is 11.1 Å². The maximum atomic E-state index is 13.3. The molecule has 7 nitrogen and oxygen atoms in total. The molecule has 0 aliphatic rings. The number of nitrogens with zero attached hydrogens (tertiary/aromatic N) is 1. The summed E-state index contributed by atoms with van der Waals surface area (Å²) < 4.78 is 0. The van der Waals surface area contributed by atoms with Gasteiger partial charge in [-0.2, -0.15) is 0 Å². The molecule has 1 aromatic heterocycles. The first-order chi connectivity index (χ1) is 18.0. The van der Waals surface area contributed by atoms with Crippen LogP contribution in [0, 0.1) is 0 Å². The summed E-state index contributed by atoms with van der Waals surface area (Å²) in [6, 6.07) is 27.7. The minimum atomic E-state index is -1.34. The number of nitrogens with one attached hydrogen (secondary N) is 2. The molecular weight excluding hydrogens is 465 g/mol. The van der Waals surface area contributed by atoms with E-state index >= 15 is 0 Å². The molecule has 0 bridgehead atoms. The van der Waals surface area contributed by atoms with Crippen molar-refractivity contribution in [1.29, 1.82) is 0 Å². The molecule has 8 heteroatoms. The molecule has 37 heavy (non-hydrogen) atoms. The highest BCUT2D eigenvalue weighted by molar-refractivity contribution is 6.40. The molecule has 2 amide bonds. The second-order valence-corrected chi connectivity index (χ2v) is 8.97. The van der Waals surface area contributed by atoms with Gasteiger partial charge in [-0.1, -0.05) is 86.0 Å². The molecule has 0 saturated heterocycles.